The second-order valence-corrected chi connectivity index (χ2v) is 2.90. The molecule has 15 heavy (non-hydrogen) atoms. The van der Waals surface area contributed by atoms with E-state index in [-0.39, 0.29) is 12.1 Å². The summed E-state index contributed by atoms with van der Waals surface area (Å²) in [6, 6.07) is 7.13. The molecule has 0 aliphatic heterocycles. The zero-order chi connectivity index (χ0) is 11.3. The van der Waals surface area contributed by atoms with Crippen LogP contribution in [-0.4, -0.2) is 23.9 Å². The Morgan fingerprint density at radius 3 is 2.73 bits per heavy atom. The van der Waals surface area contributed by atoms with Crippen LogP contribution in [0.5, 0.6) is 5.75 Å². The maximum absolute atomic E-state index is 10.8. The Hall–Kier alpha value is -2.04. The highest BCUT2D eigenvalue weighted by molar-refractivity contribution is 6.38. The Labute approximate surface area is 87.1 Å². The number of benzene rings is 1. The Morgan fingerprint density at radius 1 is 1.53 bits per heavy atom. The van der Waals surface area contributed by atoms with E-state index < -0.39 is 5.91 Å². The summed E-state index contributed by atoms with van der Waals surface area (Å²) < 4.78 is 5.08. The molecule has 0 unspecified atom stereocenters. The molecule has 1 aromatic rings. The fraction of sp³-hybridized carbons (Fsp3) is 0.200. The molecule has 0 radical (unpaired) electrons. The van der Waals surface area contributed by atoms with Gasteiger partial charge in [-0.1, -0.05) is 23.4 Å². The van der Waals surface area contributed by atoms with Crippen molar-refractivity contribution in [3.05, 3.63) is 29.8 Å². The van der Waals surface area contributed by atoms with Crippen molar-refractivity contribution < 1.29 is 14.7 Å². The van der Waals surface area contributed by atoms with Crippen molar-refractivity contribution in [2.75, 3.05) is 7.11 Å². The first-order valence-corrected chi connectivity index (χ1v) is 4.31. The minimum Gasteiger partial charge on any atom is -0.496 e. The number of nitrogens with two attached hydrogens (primary N) is 1. The third-order valence-electron chi connectivity index (χ3n) is 1.96. The third-order valence-corrected chi connectivity index (χ3v) is 1.96. The Balaban J connectivity index is 2.93. The molecule has 1 aromatic carbocycles. The molecule has 0 fully saturated rings. The standard InChI is InChI=1S/C10H12N2O3/c1-15-9-5-3-2-4-7(9)6-8(12-14)10(11)13/h2-5,14H,6H2,1H3,(H2,11,13)/b12-8-. The SMILES string of the molecule is COc1ccccc1C/C(=N/O)C(N)=O. The van der Waals surface area contributed by atoms with Crippen molar-refractivity contribution in [1.29, 1.82) is 0 Å². The van der Waals surface area contributed by atoms with E-state index in [9.17, 15) is 4.79 Å². The fourth-order valence-corrected chi connectivity index (χ4v) is 1.20. The molecule has 0 aromatic heterocycles. The normalized spacial score (nSPS) is 11.1. The van der Waals surface area contributed by atoms with Gasteiger partial charge in [0.05, 0.1) is 7.11 Å². The van der Waals surface area contributed by atoms with Crippen molar-refractivity contribution in [3.63, 3.8) is 0 Å². The van der Waals surface area contributed by atoms with E-state index in [1.165, 1.54) is 7.11 Å². The number of carbonyl (C=O) groups excluding carboxylic acids is 1. The van der Waals surface area contributed by atoms with E-state index in [0.29, 0.717) is 5.75 Å². The van der Waals surface area contributed by atoms with Crippen LogP contribution in [0.15, 0.2) is 29.4 Å². The first-order valence-electron chi connectivity index (χ1n) is 4.31. The van der Waals surface area contributed by atoms with E-state index in [4.69, 9.17) is 15.7 Å². The molecule has 3 N–H and O–H groups in total. The molecule has 0 heterocycles. The summed E-state index contributed by atoms with van der Waals surface area (Å²) in [6.45, 7) is 0. The van der Waals surface area contributed by atoms with Gasteiger partial charge >= 0.3 is 0 Å². The van der Waals surface area contributed by atoms with Crippen LogP contribution in [0.4, 0.5) is 0 Å². The average Bonchev–Trinajstić information content (AvgIpc) is 2.25. The zero-order valence-electron chi connectivity index (χ0n) is 8.30. The first-order chi connectivity index (χ1) is 7.19. The molecular formula is C10H12N2O3. The number of methoxy groups -OCH3 is 1. The molecule has 0 saturated heterocycles. The third kappa shape index (κ3) is 2.70. The lowest BCUT2D eigenvalue weighted by Crippen LogP contribution is -2.25. The molecule has 0 aliphatic rings. The number of nitrogens with zero attached hydrogens (tertiary/aromatic N) is 1. The van der Waals surface area contributed by atoms with Crippen LogP contribution in [0, 0.1) is 0 Å². The van der Waals surface area contributed by atoms with E-state index >= 15 is 0 Å². The molecule has 0 saturated carbocycles. The van der Waals surface area contributed by atoms with Crippen LogP contribution in [-0.2, 0) is 11.2 Å². The maximum Gasteiger partial charge on any atom is 0.266 e. The molecule has 80 valence electrons. The smallest absolute Gasteiger partial charge is 0.266 e. The van der Waals surface area contributed by atoms with Gasteiger partial charge in [0.1, 0.15) is 11.5 Å². The van der Waals surface area contributed by atoms with E-state index in [2.05, 4.69) is 5.16 Å². The van der Waals surface area contributed by atoms with E-state index in [0.717, 1.165) is 5.56 Å². The Morgan fingerprint density at radius 2 is 2.20 bits per heavy atom. The number of hydrogen-bond acceptors (Lipinski definition) is 4. The summed E-state index contributed by atoms with van der Waals surface area (Å²) in [5.41, 5.74) is 5.66. The monoisotopic (exact) mass is 208 g/mol. The molecule has 1 amide bonds. The van der Waals surface area contributed by atoms with E-state index in [1.807, 2.05) is 6.07 Å². The van der Waals surface area contributed by atoms with Crippen molar-refractivity contribution in [3.8, 4) is 5.75 Å². The van der Waals surface area contributed by atoms with Crippen LogP contribution < -0.4 is 10.5 Å². The lowest BCUT2D eigenvalue weighted by atomic mass is 10.1. The molecule has 5 heteroatoms. The Kier molecular flexibility index (Phi) is 3.68. The minimum atomic E-state index is -0.747. The predicted octanol–water partition coefficient (Wildman–Crippen LogP) is 0.553. The van der Waals surface area contributed by atoms with Gasteiger partial charge in [0.2, 0.25) is 0 Å². The average molecular weight is 208 g/mol. The number of oxime groups is 1. The van der Waals surface area contributed by atoms with Gasteiger partial charge in [0.15, 0.2) is 0 Å². The van der Waals surface area contributed by atoms with Crippen LogP contribution in [0.25, 0.3) is 0 Å². The van der Waals surface area contributed by atoms with Crippen molar-refractivity contribution in [2.24, 2.45) is 10.9 Å². The second-order valence-electron chi connectivity index (χ2n) is 2.90. The van der Waals surface area contributed by atoms with Crippen LogP contribution in [0.2, 0.25) is 0 Å². The summed E-state index contributed by atoms with van der Waals surface area (Å²) >= 11 is 0. The minimum absolute atomic E-state index is 0.0977. The van der Waals surface area contributed by atoms with Gasteiger partial charge in [0, 0.05) is 12.0 Å². The first kappa shape index (κ1) is 11.0. The molecular weight excluding hydrogens is 196 g/mol. The van der Waals surface area contributed by atoms with Gasteiger partial charge in [-0.2, -0.15) is 0 Å². The van der Waals surface area contributed by atoms with Crippen LogP contribution >= 0.6 is 0 Å². The number of ether oxygens (including phenoxy) is 1. The largest absolute Gasteiger partial charge is 0.496 e. The van der Waals surface area contributed by atoms with Gasteiger partial charge in [-0.05, 0) is 6.07 Å². The van der Waals surface area contributed by atoms with Crippen LogP contribution in [0.3, 0.4) is 0 Å². The summed E-state index contributed by atoms with van der Waals surface area (Å²) in [7, 11) is 1.53. The Bertz CT molecular complexity index is 388. The molecule has 0 aliphatic carbocycles. The summed E-state index contributed by atoms with van der Waals surface area (Å²) in [4.78, 5) is 10.8. The number of carbonyl (C=O) groups is 1. The number of amides is 1. The molecule has 0 atom stereocenters. The summed E-state index contributed by atoms with van der Waals surface area (Å²) in [6.07, 6.45) is 0.149. The van der Waals surface area contributed by atoms with Gasteiger partial charge in [-0.3, -0.25) is 4.79 Å². The quantitative estimate of drug-likeness (QED) is 0.430. The molecule has 0 bridgehead atoms. The van der Waals surface area contributed by atoms with Gasteiger partial charge < -0.3 is 15.7 Å². The molecule has 1 rings (SSSR count). The number of hydrogen-bond donors (Lipinski definition) is 2. The zero-order valence-corrected chi connectivity index (χ0v) is 8.30. The highest BCUT2D eigenvalue weighted by Gasteiger charge is 2.11. The van der Waals surface area contributed by atoms with Crippen molar-refractivity contribution in [1.82, 2.24) is 0 Å². The van der Waals surface area contributed by atoms with Crippen molar-refractivity contribution >= 4 is 11.6 Å². The second kappa shape index (κ2) is 4.99. The van der Waals surface area contributed by atoms with Crippen molar-refractivity contribution in [2.45, 2.75) is 6.42 Å². The number of primary amides is 1. The van der Waals surface area contributed by atoms with Gasteiger partial charge in [-0.15, -0.1) is 0 Å². The lowest BCUT2D eigenvalue weighted by molar-refractivity contribution is -0.112. The highest BCUT2D eigenvalue weighted by Crippen LogP contribution is 2.17. The summed E-state index contributed by atoms with van der Waals surface area (Å²) in [5, 5.41) is 11.4. The molecule has 5 nitrogen and oxygen atoms in total. The van der Waals surface area contributed by atoms with Crippen LogP contribution in [0.1, 0.15) is 5.56 Å². The number of para-hydroxylation sites is 1. The molecule has 0 spiro atoms. The van der Waals surface area contributed by atoms with Gasteiger partial charge in [0.25, 0.3) is 5.91 Å². The lowest BCUT2D eigenvalue weighted by Gasteiger charge is -2.07. The van der Waals surface area contributed by atoms with E-state index in [1.54, 1.807) is 18.2 Å². The highest BCUT2D eigenvalue weighted by atomic mass is 16.5. The maximum atomic E-state index is 10.8. The van der Waals surface area contributed by atoms with Gasteiger partial charge in [-0.25, -0.2) is 0 Å². The summed E-state index contributed by atoms with van der Waals surface area (Å²) in [5.74, 6) is -0.122. The topological polar surface area (TPSA) is 84.9 Å². The fourth-order valence-electron chi connectivity index (χ4n) is 1.20. The number of rotatable bonds is 4. The predicted molar refractivity (Wildman–Crippen MR) is 55.1 cm³/mol.